The van der Waals surface area contributed by atoms with Crippen molar-refractivity contribution in [3.63, 3.8) is 0 Å². The molecule has 0 radical (unpaired) electrons. The Hall–Kier alpha value is 1.42. The third-order valence-corrected chi connectivity index (χ3v) is 2.81. The van der Waals surface area contributed by atoms with Gasteiger partial charge in [-0.3, -0.25) is 0 Å². The second-order valence-corrected chi connectivity index (χ2v) is 4.09. The fourth-order valence-corrected chi connectivity index (χ4v) is 1.93. The predicted octanol–water partition coefficient (Wildman–Crippen LogP) is 0.766. The molecule has 0 spiro atoms. The van der Waals surface area contributed by atoms with Gasteiger partial charge >= 0.3 is 22.4 Å². The van der Waals surface area contributed by atoms with Crippen LogP contribution < -0.4 is 0 Å². The maximum absolute atomic E-state index is 8.22. The molecule has 0 saturated carbocycles. The molecular weight excluding hydrogens is 370 g/mol. The van der Waals surface area contributed by atoms with E-state index in [2.05, 4.69) is 36.3 Å². The van der Waals surface area contributed by atoms with Crippen LogP contribution in [0.15, 0.2) is 0 Å². The quantitative estimate of drug-likeness (QED) is 0.535. The fourth-order valence-electron chi connectivity index (χ4n) is 1.42. The third kappa shape index (κ3) is 17.4. The molecule has 0 N–H and O–H groups in total. The topological polar surface area (TPSA) is 23.6 Å². The Kier molecular flexibility index (Phi) is 31.9. The molecule has 0 saturated heterocycles. The van der Waals surface area contributed by atoms with Crippen molar-refractivity contribution in [3.05, 3.63) is 0 Å². The summed E-state index contributed by atoms with van der Waals surface area (Å²) in [6.07, 6.45) is 1.58. The summed E-state index contributed by atoms with van der Waals surface area (Å²) in [7, 11) is 0. The molecule has 0 unspecified atom stereocenters. The number of nitrogens with zero attached hydrogens (tertiary/aromatic N) is 2. The molecule has 0 aromatic carbocycles. The van der Waals surface area contributed by atoms with E-state index in [1.165, 1.54) is 0 Å². The average Bonchev–Trinajstić information content (AvgIpc) is 2.45. The van der Waals surface area contributed by atoms with Crippen LogP contribution in [0, 0.1) is 0 Å². The molecule has 0 aromatic rings. The summed E-state index contributed by atoms with van der Waals surface area (Å²) >= 11 is 15.0. The van der Waals surface area contributed by atoms with Gasteiger partial charge in [0.25, 0.3) is 0 Å². The molecule has 0 aliphatic heterocycles. The number of likely N-dealkylation sites (N-methyl/N-ethyl adjacent to an activating group) is 1. The molecular formula is C11H25N2OS3Tc+. The van der Waals surface area contributed by atoms with Crippen molar-refractivity contribution in [2.75, 3.05) is 57.0 Å². The van der Waals surface area contributed by atoms with Crippen LogP contribution in [0.25, 0.3) is 0 Å². The molecule has 0 heterocycles. The van der Waals surface area contributed by atoms with E-state index in [9.17, 15) is 0 Å². The van der Waals surface area contributed by atoms with Crippen LogP contribution in [-0.4, -0.2) is 66.8 Å². The summed E-state index contributed by atoms with van der Waals surface area (Å²) in [6.45, 7) is 10.9. The summed E-state index contributed by atoms with van der Waals surface area (Å²) in [5.74, 6) is 1.63. The van der Waals surface area contributed by atoms with Gasteiger partial charge in [-0.25, -0.2) is 0 Å². The molecule has 0 aliphatic carbocycles. The Morgan fingerprint density at radius 3 is 1.39 bits per heavy atom. The fraction of sp³-hybridized carbons (Fsp3) is 1.00. The Morgan fingerprint density at radius 2 is 1.11 bits per heavy atom. The predicted molar refractivity (Wildman–Crippen MR) is 82.7 cm³/mol. The summed E-state index contributed by atoms with van der Waals surface area (Å²) < 4.78 is 8.22. The van der Waals surface area contributed by atoms with Gasteiger partial charge < -0.3 is 47.7 Å². The van der Waals surface area contributed by atoms with Crippen molar-refractivity contribution >= 4 is 37.9 Å². The zero-order valence-corrected chi connectivity index (χ0v) is 15.9. The SMILES string of the molecule is CCN(CC)CCN(CC[S-])CC[S-].C[S-].[O]=[Tc+4]. The molecule has 109 valence electrons. The molecule has 0 amide bonds. The van der Waals surface area contributed by atoms with Crippen molar-refractivity contribution in [3.8, 4) is 0 Å². The van der Waals surface area contributed by atoms with Crippen LogP contribution in [0.1, 0.15) is 13.8 Å². The van der Waals surface area contributed by atoms with Gasteiger partial charge in [0.05, 0.1) is 0 Å². The average molecular weight is 396 g/mol. The first-order chi connectivity index (χ1) is 8.78. The van der Waals surface area contributed by atoms with Gasteiger partial charge in [-0.2, -0.15) is 17.8 Å². The number of rotatable bonds is 9. The maximum atomic E-state index is 8.22. The van der Waals surface area contributed by atoms with Crippen molar-refractivity contribution in [2.45, 2.75) is 13.8 Å². The first kappa shape index (κ1) is 24.4. The summed E-state index contributed by atoms with van der Waals surface area (Å²) in [6, 6.07) is 0. The molecule has 0 bridgehead atoms. The van der Waals surface area contributed by atoms with E-state index in [1.54, 1.807) is 6.26 Å². The molecule has 0 aliphatic rings. The molecule has 0 atom stereocenters. The van der Waals surface area contributed by atoms with Gasteiger partial charge in [0.1, 0.15) is 0 Å². The van der Waals surface area contributed by atoms with Crippen LogP contribution in [0.2, 0.25) is 0 Å². The van der Waals surface area contributed by atoms with Crippen LogP contribution in [-0.2, 0) is 60.2 Å². The van der Waals surface area contributed by atoms with Crippen LogP contribution in [0.4, 0.5) is 0 Å². The van der Waals surface area contributed by atoms with Gasteiger partial charge in [-0.1, -0.05) is 13.8 Å². The molecule has 0 fully saturated rings. The minimum atomic E-state index is 0.813. The van der Waals surface area contributed by atoms with E-state index >= 15 is 0 Å². The second-order valence-electron chi connectivity index (χ2n) is 3.28. The van der Waals surface area contributed by atoms with Gasteiger partial charge in [0.2, 0.25) is 0 Å². The Balaban J connectivity index is -0.000000506. The molecule has 3 nitrogen and oxygen atoms in total. The van der Waals surface area contributed by atoms with Crippen molar-refractivity contribution in [2.24, 2.45) is 0 Å². The zero-order valence-electron chi connectivity index (χ0n) is 11.6. The number of hydrogen-bond donors (Lipinski definition) is 0. The van der Waals surface area contributed by atoms with Crippen molar-refractivity contribution in [1.82, 2.24) is 9.80 Å². The first-order valence-electron chi connectivity index (χ1n) is 5.95. The standard InChI is InChI=1S/C10H24N2S2.CH4S.O.Tc/c1-3-11(4-2)5-6-12(7-9-13)8-10-14;1-2;;/h13-14H,3-10H2,1-2H3;2H,1H3;;/q;;;+4/p-3. The van der Waals surface area contributed by atoms with Gasteiger partial charge in [0.15, 0.2) is 0 Å². The van der Waals surface area contributed by atoms with E-state index in [1.807, 2.05) is 0 Å². The van der Waals surface area contributed by atoms with E-state index in [0.29, 0.717) is 0 Å². The zero-order chi connectivity index (χ0) is 14.8. The van der Waals surface area contributed by atoms with Gasteiger partial charge in [-0.05, 0) is 26.2 Å². The van der Waals surface area contributed by atoms with Crippen LogP contribution in [0.3, 0.4) is 0 Å². The van der Waals surface area contributed by atoms with Crippen molar-refractivity contribution in [1.29, 1.82) is 0 Å². The number of hydrogen-bond acceptors (Lipinski definition) is 6. The van der Waals surface area contributed by atoms with E-state index in [4.69, 9.17) is 28.8 Å². The van der Waals surface area contributed by atoms with Crippen LogP contribution in [0.5, 0.6) is 0 Å². The van der Waals surface area contributed by atoms with Crippen molar-refractivity contribution < 1.29 is 22.4 Å². The first-order valence-corrected chi connectivity index (χ1v) is 8.68. The third-order valence-electron chi connectivity index (χ3n) is 2.44. The summed E-state index contributed by atoms with van der Waals surface area (Å²) in [5, 5.41) is 0. The monoisotopic (exact) mass is 394 g/mol. The van der Waals surface area contributed by atoms with E-state index in [0.717, 1.165) is 69.6 Å². The molecule has 0 rings (SSSR count). The molecule has 7 heteroatoms. The summed E-state index contributed by atoms with van der Waals surface area (Å²) in [4.78, 5) is 4.80. The van der Waals surface area contributed by atoms with E-state index < -0.39 is 0 Å². The molecule has 0 aromatic heterocycles. The van der Waals surface area contributed by atoms with E-state index in [-0.39, 0.29) is 0 Å². The Morgan fingerprint density at radius 1 is 0.778 bits per heavy atom. The normalized spacial score (nSPS) is 9.67. The molecule has 18 heavy (non-hydrogen) atoms. The van der Waals surface area contributed by atoms with Crippen LogP contribution >= 0.6 is 0 Å². The Labute approximate surface area is 140 Å². The minimum absolute atomic E-state index is 0.813. The summed E-state index contributed by atoms with van der Waals surface area (Å²) in [5.41, 5.74) is 0. The van der Waals surface area contributed by atoms with Gasteiger partial charge in [0, 0.05) is 13.1 Å². The van der Waals surface area contributed by atoms with Gasteiger partial charge in [-0.15, -0.1) is 0 Å². The second kappa shape index (κ2) is 23.5. The Bertz CT molecular complexity index is 137.